The van der Waals surface area contributed by atoms with E-state index in [2.05, 4.69) is 20.7 Å². The van der Waals surface area contributed by atoms with Gasteiger partial charge >= 0.3 is 0 Å². The van der Waals surface area contributed by atoms with Gasteiger partial charge in [-0.05, 0) is 41.4 Å². The highest BCUT2D eigenvalue weighted by Gasteiger charge is 2.19. The van der Waals surface area contributed by atoms with Gasteiger partial charge in [0.2, 0.25) is 10.0 Å². The highest BCUT2D eigenvalue weighted by Crippen LogP contribution is 2.21. The van der Waals surface area contributed by atoms with Gasteiger partial charge in [-0.1, -0.05) is 12.1 Å². The molecule has 0 spiro atoms. The molecule has 1 N–H and O–H groups in total. The Hall–Kier alpha value is -0.100. The van der Waals surface area contributed by atoms with Gasteiger partial charge in [0.1, 0.15) is 0 Å². The van der Waals surface area contributed by atoms with Crippen LogP contribution in [0.15, 0.2) is 33.6 Å². The zero-order valence-electron chi connectivity index (χ0n) is 8.78. The Bertz CT molecular complexity index is 450. The average molecular weight is 327 g/mol. The quantitative estimate of drug-likeness (QED) is 0.846. The largest absolute Gasteiger partial charge is 0.241 e. The van der Waals surface area contributed by atoms with Crippen molar-refractivity contribution < 1.29 is 8.42 Å². The van der Waals surface area contributed by atoms with Crippen molar-refractivity contribution in [2.75, 3.05) is 5.88 Å². The van der Waals surface area contributed by atoms with E-state index in [0.29, 0.717) is 16.8 Å². The summed E-state index contributed by atoms with van der Waals surface area (Å²) in [6, 6.07) is 6.53. The molecule has 3 nitrogen and oxygen atoms in total. The van der Waals surface area contributed by atoms with Crippen LogP contribution >= 0.6 is 27.5 Å². The first-order valence-electron chi connectivity index (χ1n) is 4.80. The molecule has 0 aliphatic carbocycles. The lowest BCUT2D eigenvalue weighted by atomic mass is 10.3. The minimum atomic E-state index is -3.47. The number of benzene rings is 1. The molecule has 0 bridgehead atoms. The normalized spacial score (nSPS) is 13.7. The summed E-state index contributed by atoms with van der Waals surface area (Å²) in [6.07, 6.45) is 0.602. The maximum atomic E-state index is 12.0. The fourth-order valence-electron chi connectivity index (χ4n) is 1.21. The highest BCUT2D eigenvalue weighted by molar-refractivity contribution is 9.10. The van der Waals surface area contributed by atoms with Crippen molar-refractivity contribution in [3.63, 3.8) is 0 Å². The van der Waals surface area contributed by atoms with Crippen molar-refractivity contribution in [2.24, 2.45) is 0 Å². The Labute approximate surface area is 109 Å². The van der Waals surface area contributed by atoms with Gasteiger partial charge in [0.15, 0.2) is 0 Å². The standard InChI is InChI=1S/C10H13BrClNO2S/c1-8(6-7-12)13-16(14,15)10-5-3-2-4-9(10)11/h2-5,8,13H,6-7H2,1H3. The van der Waals surface area contributed by atoms with E-state index >= 15 is 0 Å². The Morgan fingerprint density at radius 3 is 2.62 bits per heavy atom. The molecule has 1 aromatic carbocycles. The average Bonchev–Trinajstić information content (AvgIpc) is 2.17. The lowest BCUT2D eigenvalue weighted by molar-refractivity contribution is 0.556. The predicted octanol–water partition coefficient (Wildman–Crippen LogP) is 2.74. The predicted molar refractivity (Wildman–Crippen MR) is 69.3 cm³/mol. The third-order valence-electron chi connectivity index (χ3n) is 2.02. The van der Waals surface area contributed by atoms with Crippen LogP contribution in [0.2, 0.25) is 0 Å². The maximum absolute atomic E-state index is 12.0. The second kappa shape index (κ2) is 6.00. The van der Waals surface area contributed by atoms with E-state index in [1.165, 1.54) is 0 Å². The third kappa shape index (κ3) is 3.73. The first kappa shape index (κ1) is 14.0. The van der Waals surface area contributed by atoms with Gasteiger partial charge in [-0.3, -0.25) is 0 Å². The van der Waals surface area contributed by atoms with Crippen LogP contribution in [-0.2, 0) is 10.0 Å². The van der Waals surface area contributed by atoms with E-state index in [1.54, 1.807) is 31.2 Å². The maximum Gasteiger partial charge on any atom is 0.241 e. The van der Waals surface area contributed by atoms with Gasteiger partial charge in [-0.15, -0.1) is 11.6 Å². The molecule has 0 aromatic heterocycles. The van der Waals surface area contributed by atoms with Crippen molar-refractivity contribution in [3.05, 3.63) is 28.7 Å². The molecular weight excluding hydrogens is 314 g/mol. The zero-order chi connectivity index (χ0) is 12.2. The highest BCUT2D eigenvalue weighted by atomic mass is 79.9. The third-order valence-corrected chi connectivity index (χ3v) is 4.84. The van der Waals surface area contributed by atoms with Crippen LogP contribution < -0.4 is 4.72 Å². The topological polar surface area (TPSA) is 46.2 Å². The number of hydrogen-bond donors (Lipinski definition) is 1. The van der Waals surface area contributed by atoms with Gasteiger partial charge in [0, 0.05) is 16.4 Å². The van der Waals surface area contributed by atoms with E-state index in [-0.39, 0.29) is 10.9 Å². The molecule has 0 radical (unpaired) electrons. The van der Waals surface area contributed by atoms with E-state index < -0.39 is 10.0 Å². The molecule has 6 heteroatoms. The molecule has 0 amide bonds. The van der Waals surface area contributed by atoms with Gasteiger partial charge in [-0.25, -0.2) is 13.1 Å². The van der Waals surface area contributed by atoms with Crippen LogP contribution in [0, 0.1) is 0 Å². The molecular formula is C10H13BrClNO2S. The second-order valence-corrected chi connectivity index (χ2v) is 6.35. The number of alkyl halides is 1. The van der Waals surface area contributed by atoms with Crippen LogP contribution in [0.1, 0.15) is 13.3 Å². The first-order valence-corrected chi connectivity index (χ1v) is 7.61. The number of nitrogens with one attached hydrogen (secondary N) is 1. The summed E-state index contributed by atoms with van der Waals surface area (Å²) >= 11 is 8.77. The van der Waals surface area contributed by atoms with Gasteiger partial charge in [-0.2, -0.15) is 0 Å². The van der Waals surface area contributed by atoms with Crippen molar-refractivity contribution in [2.45, 2.75) is 24.3 Å². The van der Waals surface area contributed by atoms with Crippen molar-refractivity contribution in [1.29, 1.82) is 0 Å². The summed E-state index contributed by atoms with van der Waals surface area (Å²) in [6.45, 7) is 1.79. The fraction of sp³-hybridized carbons (Fsp3) is 0.400. The number of sulfonamides is 1. The molecule has 0 aliphatic rings. The lowest BCUT2D eigenvalue weighted by Gasteiger charge is -2.13. The zero-order valence-corrected chi connectivity index (χ0v) is 11.9. The molecule has 1 unspecified atom stereocenters. The molecule has 0 aliphatic heterocycles. The minimum absolute atomic E-state index is 0.172. The molecule has 0 saturated heterocycles. The fourth-order valence-corrected chi connectivity index (χ4v) is 3.82. The number of rotatable bonds is 5. The summed E-state index contributed by atoms with van der Waals surface area (Å²) in [4.78, 5) is 0.247. The molecule has 1 atom stereocenters. The van der Waals surface area contributed by atoms with Crippen LogP contribution in [-0.4, -0.2) is 20.3 Å². The Morgan fingerprint density at radius 1 is 1.44 bits per heavy atom. The van der Waals surface area contributed by atoms with Gasteiger partial charge in [0.05, 0.1) is 4.90 Å². The Kier molecular flexibility index (Phi) is 5.24. The van der Waals surface area contributed by atoms with Crippen molar-refractivity contribution >= 4 is 37.6 Å². The molecule has 90 valence electrons. The molecule has 1 rings (SSSR count). The monoisotopic (exact) mass is 325 g/mol. The smallest absolute Gasteiger partial charge is 0.208 e. The molecule has 0 heterocycles. The molecule has 1 aromatic rings. The molecule has 16 heavy (non-hydrogen) atoms. The molecule has 0 fully saturated rings. The van der Waals surface area contributed by atoms with Gasteiger partial charge < -0.3 is 0 Å². The summed E-state index contributed by atoms with van der Waals surface area (Å²) < 4.78 is 27.0. The SMILES string of the molecule is CC(CCCl)NS(=O)(=O)c1ccccc1Br. The lowest BCUT2D eigenvalue weighted by Crippen LogP contribution is -2.33. The van der Waals surface area contributed by atoms with Crippen LogP contribution in [0.25, 0.3) is 0 Å². The second-order valence-electron chi connectivity index (χ2n) is 3.43. The number of hydrogen-bond acceptors (Lipinski definition) is 2. The van der Waals surface area contributed by atoms with Crippen molar-refractivity contribution in [1.82, 2.24) is 4.72 Å². The summed E-state index contributed by atoms with van der Waals surface area (Å²) in [5, 5.41) is 0. The summed E-state index contributed by atoms with van der Waals surface area (Å²) in [5.41, 5.74) is 0. The van der Waals surface area contributed by atoms with E-state index in [4.69, 9.17) is 11.6 Å². The summed E-state index contributed by atoms with van der Waals surface area (Å²) in [5.74, 6) is 0.430. The van der Waals surface area contributed by atoms with Crippen LogP contribution in [0.4, 0.5) is 0 Å². The van der Waals surface area contributed by atoms with E-state index in [1.807, 2.05) is 0 Å². The number of halogens is 2. The summed E-state index contributed by atoms with van der Waals surface area (Å²) in [7, 11) is -3.47. The van der Waals surface area contributed by atoms with Gasteiger partial charge in [0.25, 0.3) is 0 Å². The van der Waals surface area contributed by atoms with E-state index in [9.17, 15) is 8.42 Å². The first-order chi connectivity index (χ1) is 7.47. The van der Waals surface area contributed by atoms with Crippen LogP contribution in [0.5, 0.6) is 0 Å². The van der Waals surface area contributed by atoms with Crippen LogP contribution in [0.3, 0.4) is 0 Å². The van der Waals surface area contributed by atoms with E-state index in [0.717, 1.165) is 0 Å². The molecule has 0 saturated carbocycles. The minimum Gasteiger partial charge on any atom is -0.208 e. The van der Waals surface area contributed by atoms with Crippen molar-refractivity contribution in [3.8, 4) is 0 Å². The Balaban J connectivity index is 2.91. The Morgan fingerprint density at radius 2 is 2.06 bits per heavy atom.